The van der Waals surface area contributed by atoms with Gasteiger partial charge in [0, 0.05) is 18.7 Å². The van der Waals surface area contributed by atoms with Gasteiger partial charge in [0.2, 0.25) is 5.91 Å². The number of fused-ring (bicyclic) bond motifs is 1. The van der Waals surface area contributed by atoms with Crippen LogP contribution in [0.2, 0.25) is 0 Å². The van der Waals surface area contributed by atoms with Gasteiger partial charge in [-0.25, -0.2) is 0 Å². The standard InChI is InChI=1S/C15H21N3O2/c1-3-17-14(19)10(2)18-15(20)12-5-4-11-6-7-16-9-13(11)8-12/h4-5,8,10,16H,3,6-7,9H2,1-2H3,(H,17,19)(H,18,20). The fourth-order valence-corrected chi connectivity index (χ4v) is 2.29. The molecule has 0 aliphatic carbocycles. The van der Waals surface area contributed by atoms with Gasteiger partial charge in [0.1, 0.15) is 6.04 Å². The zero-order valence-corrected chi connectivity index (χ0v) is 12.0. The van der Waals surface area contributed by atoms with E-state index in [1.54, 1.807) is 6.92 Å². The minimum Gasteiger partial charge on any atom is -0.355 e. The summed E-state index contributed by atoms with van der Waals surface area (Å²) in [7, 11) is 0. The number of nitrogens with one attached hydrogen (secondary N) is 3. The first-order chi connectivity index (χ1) is 9.61. The molecule has 108 valence electrons. The van der Waals surface area contributed by atoms with Crippen molar-refractivity contribution in [3.8, 4) is 0 Å². The maximum absolute atomic E-state index is 12.1. The predicted octanol–water partition coefficient (Wildman–Crippen LogP) is 0.587. The number of amides is 2. The van der Waals surface area contributed by atoms with Crippen LogP contribution in [0.3, 0.4) is 0 Å². The van der Waals surface area contributed by atoms with Gasteiger partial charge < -0.3 is 16.0 Å². The van der Waals surface area contributed by atoms with E-state index < -0.39 is 6.04 Å². The highest BCUT2D eigenvalue weighted by molar-refractivity contribution is 5.97. The summed E-state index contributed by atoms with van der Waals surface area (Å²) < 4.78 is 0. The van der Waals surface area contributed by atoms with Crippen LogP contribution in [0, 0.1) is 0 Å². The SMILES string of the molecule is CCNC(=O)C(C)NC(=O)c1ccc2c(c1)CNCC2. The van der Waals surface area contributed by atoms with E-state index >= 15 is 0 Å². The molecule has 1 heterocycles. The molecular formula is C15H21N3O2. The Bertz CT molecular complexity index is 514. The quantitative estimate of drug-likeness (QED) is 0.753. The highest BCUT2D eigenvalue weighted by atomic mass is 16.2. The molecule has 3 N–H and O–H groups in total. The fraction of sp³-hybridized carbons (Fsp3) is 0.467. The topological polar surface area (TPSA) is 70.2 Å². The van der Waals surface area contributed by atoms with Gasteiger partial charge in [-0.05, 0) is 50.1 Å². The van der Waals surface area contributed by atoms with Gasteiger partial charge in [0.05, 0.1) is 0 Å². The first kappa shape index (κ1) is 14.5. The van der Waals surface area contributed by atoms with Crippen molar-refractivity contribution in [1.29, 1.82) is 0 Å². The van der Waals surface area contributed by atoms with Crippen LogP contribution in [0.4, 0.5) is 0 Å². The maximum Gasteiger partial charge on any atom is 0.251 e. The molecule has 0 fully saturated rings. The van der Waals surface area contributed by atoms with Gasteiger partial charge in [-0.2, -0.15) is 0 Å². The van der Waals surface area contributed by atoms with Crippen LogP contribution in [0.1, 0.15) is 35.3 Å². The van der Waals surface area contributed by atoms with Crippen LogP contribution < -0.4 is 16.0 Å². The largest absolute Gasteiger partial charge is 0.355 e. The minimum absolute atomic E-state index is 0.166. The lowest BCUT2D eigenvalue weighted by Gasteiger charge is -2.18. The van der Waals surface area contributed by atoms with Crippen LogP contribution in [0.15, 0.2) is 18.2 Å². The van der Waals surface area contributed by atoms with Crippen LogP contribution in [0.25, 0.3) is 0 Å². The second kappa shape index (κ2) is 6.52. The monoisotopic (exact) mass is 275 g/mol. The van der Waals surface area contributed by atoms with E-state index in [1.807, 2.05) is 25.1 Å². The predicted molar refractivity (Wildman–Crippen MR) is 77.5 cm³/mol. The number of rotatable bonds is 4. The molecule has 2 rings (SSSR count). The van der Waals surface area contributed by atoms with Gasteiger partial charge in [-0.3, -0.25) is 9.59 Å². The van der Waals surface area contributed by atoms with Crippen molar-refractivity contribution in [1.82, 2.24) is 16.0 Å². The highest BCUT2D eigenvalue weighted by Crippen LogP contribution is 2.15. The fourth-order valence-electron chi connectivity index (χ4n) is 2.29. The molecular weight excluding hydrogens is 254 g/mol. The van der Waals surface area contributed by atoms with Crippen molar-refractivity contribution in [2.45, 2.75) is 32.9 Å². The summed E-state index contributed by atoms with van der Waals surface area (Å²) >= 11 is 0. The summed E-state index contributed by atoms with van der Waals surface area (Å²) in [6.07, 6.45) is 0.993. The average Bonchev–Trinajstić information content (AvgIpc) is 2.46. The molecule has 0 bridgehead atoms. The second-order valence-corrected chi connectivity index (χ2v) is 5.00. The van der Waals surface area contributed by atoms with Gasteiger partial charge in [-0.15, -0.1) is 0 Å². The molecule has 1 aromatic rings. The lowest BCUT2D eigenvalue weighted by atomic mass is 9.98. The molecule has 5 heteroatoms. The lowest BCUT2D eigenvalue weighted by molar-refractivity contribution is -0.122. The Balaban J connectivity index is 2.04. The number of hydrogen-bond acceptors (Lipinski definition) is 3. The molecule has 1 aliphatic heterocycles. The molecule has 0 spiro atoms. The molecule has 1 atom stereocenters. The summed E-state index contributed by atoms with van der Waals surface area (Å²) in [6.45, 7) is 5.87. The third kappa shape index (κ3) is 3.36. The van der Waals surface area contributed by atoms with Crippen molar-refractivity contribution in [3.05, 3.63) is 34.9 Å². The summed E-state index contributed by atoms with van der Waals surface area (Å²) in [5, 5.41) is 8.69. The molecule has 1 aliphatic rings. The number of benzene rings is 1. The Hall–Kier alpha value is -1.88. The normalized spacial score (nSPS) is 15.1. The van der Waals surface area contributed by atoms with E-state index in [4.69, 9.17) is 0 Å². The number of carbonyl (C=O) groups excluding carboxylic acids is 2. The highest BCUT2D eigenvalue weighted by Gasteiger charge is 2.17. The smallest absolute Gasteiger partial charge is 0.251 e. The molecule has 1 aromatic carbocycles. The van der Waals surface area contributed by atoms with Crippen molar-refractivity contribution in [3.63, 3.8) is 0 Å². The lowest BCUT2D eigenvalue weighted by Crippen LogP contribution is -2.44. The van der Waals surface area contributed by atoms with Crippen LogP contribution in [0.5, 0.6) is 0 Å². The van der Waals surface area contributed by atoms with E-state index in [1.165, 1.54) is 5.56 Å². The van der Waals surface area contributed by atoms with E-state index in [-0.39, 0.29) is 11.8 Å². The summed E-state index contributed by atoms with van der Waals surface area (Å²) in [6, 6.07) is 5.20. The molecule has 0 aromatic heterocycles. The van der Waals surface area contributed by atoms with Crippen molar-refractivity contribution in [2.24, 2.45) is 0 Å². The van der Waals surface area contributed by atoms with E-state index in [0.29, 0.717) is 12.1 Å². The zero-order valence-electron chi connectivity index (χ0n) is 12.0. The van der Waals surface area contributed by atoms with Crippen molar-refractivity contribution < 1.29 is 9.59 Å². The Morgan fingerprint density at radius 3 is 2.90 bits per heavy atom. The second-order valence-electron chi connectivity index (χ2n) is 5.00. The van der Waals surface area contributed by atoms with Gasteiger partial charge in [0.25, 0.3) is 5.91 Å². The Morgan fingerprint density at radius 1 is 1.35 bits per heavy atom. The first-order valence-corrected chi connectivity index (χ1v) is 7.03. The molecule has 0 saturated carbocycles. The van der Waals surface area contributed by atoms with E-state index in [2.05, 4.69) is 16.0 Å². The van der Waals surface area contributed by atoms with E-state index in [9.17, 15) is 9.59 Å². The number of carbonyl (C=O) groups is 2. The molecule has 1 unspecified atom stereocenters. The average molecular weight is 275 g/mol. The maximum atomic E-state index is 12.1. The number of likely N-dealkylation sites (N-methyl/N-ethyl adjacent to an activating group) is 1. The summed E-state index contributed by atoms with van der Waals surface area (Å²) in [4.78, 5) is 23.7. The van der Waals surface area contributed by atoms with Crippen LogP contribution in [-0.4, -0.2) is 30.9 Å². The molecule has 0 saturated heterocycles. The molecule has 0 radical (unpaired) electrons. The first-order valence-electron chi connectivity index (χ1n) is 7.03. The van der Waals surface area contributed by atoms with Gasteiger partial charge in [0.15, 0.2) is 0 Å². The Morgan fingerprint density at radius 2 is 2.15 bits per heavy atom. The number of hydrogen-bond donors (Lipinski definition) is 3. The third-order valence-electron chi connectivity index (χ3n) is 3.45. The molecule has 20 heavy (non-hydrogen) atoms. The van der Waals surface area contributed by atoms with Crippen LogP contribution >= 0.6 is 0 Å². The Labute approximate surface area is 119 Å². The Kier molecular flexibility index (Phi) is 4.74. The van der Waals surface area contributed by atoms with Crippen molar-refractivity contribution in [2.75, 3.05) is 13.1 Å². The molecule has 5 nitrogen and oxygen atoms in total. The zero-order chi connectivity index (χ0) is 14.5. The van der Waals surface area contributed by atoms with E-state index in [0.717, 1.165) is 25.1 Å². The summed E-state index contributed by atoms with van der Waals surface area (Å²) in [5.41, 5.74) is 3.05. The third-order valence-corrected chi connectivity index (χ3v) is 3.45. The summed E-state index contributed by atoms with van der Waals surface area (Å²) in [5.74, 6) is -0.377. The minimum atomic E-state index is -0.531. The van der Waals surface area contributed by atoms with Crippen LogP contribution in [-0.2, 0) is 17.8 Å². The van der Waals surface area contributed by atoms with Gasteiger partial charge >= 0.3 is 0 Å². The van der Waals surface area contributed by atoms with Crippen molar-refractivity contribution >= 4 is 11.8 Å². The molecule has 2 amide bonds. The van der Waals surface area contributed by atoms with Gasteiger partial charge in [-0.1, -0.05) is 6.07 Å².